The Morgan fingerprint density at radius 3 is 2.86 bits per heavy atom. The van der Waals surface area contributed by atoms with Crippen molar-refractivity contribution < 1.29 is 14.0 Å². The number of methoxy groups -OCH3 is 2. The maximum atomic E-state index is 5.65. The molecule has 0 bridgehead atoms. The molecule has 0 aliphatic heterocycles. The smallest absolute Gasteiger partial charge is 0.459 e. The summed E-state index contributed by atoms with van der Waals surface area (Å²) >= 11 is 0. The van der Waals surface area contributed by atoms with Crippen LogP contribution in [-0.2, 0) is 0 Å². The van der Waals surface area contributed by atoms with E-state index in [-0.39, 0.29) is 0 Å². The molecule has 0 aliphatic carbocycles. The predicted octanol–water partition coefficient (Wildman–Crippen LogP) is -1.25. The Morgan fingerprint density at radius 2 is 2.21 bits per heavy atom. The average Bonchev–Trinajstić information content (AvgIpc) is 2.60. The SMILES string of the molecule is COc1cnc(OC)[n+]2ncn(N)c12. The van der Waals surface area contributed by atoms with E-state index < -0.39 is 0 Å². The molecule has 0 atom stereocenters. The lowest BCUT2D eigenvalue weighted by atomic mass is 10.5. The van der Waals surface area contributed by atoms with Crippen molar-refractivity contribution in [3.8, 4) is 11.8 Å². The van der Waals surface area contributed by atoms with Crippen LogP contribution in [-0.4, -0.2) is 29.0 Å². The van der Waals surface area contributed by atoms with E-state index in [1.54, 1.807) is 0 Å². The van der Waals surface area contributed by atoms with Crippen molar-refractivity contribution in [3.05, 3.63) is 12.5 Å². The molecule has 2 N–H and O–H groups in total. The van der Waals surface area contributed by atoms with E-state index in [1.165, 1.54) is 35.9 Å². The molecule has 7 heteroatoms. The van der Waals surface area contributed by atoms with Crippen molar-refractivity contribution in [3.63, 3.8) is 0 Å². The van der Waals surface area contributed by atoms with Crippen molar-refractivity contribution in [1.29, 1.82) is 0 Å². The lowest BCUT2D eigenvalue weighted by Crippen LogP contribution is -2.29. The minimum atomic E-state index is 0.352. The zero-order valence-electron chi connectivity index (χ0n) is 7.84. The van der Waals surface area contributed by atoms with Gasteiger partial charge in [0.05, 0.1) is 14.2 Å². The Kier molecular flexibility index (Phi) is 1.84. The fourth-order valence-electron chi connectivity index (χ4n) is 1.21. The third kappa shape index (κ3) is 1.02. The molecule has 0 radical (unpaired) electrons. The first-order valence-corrected chi connectivity index (χ1v) is 3.89. The topological polar surface area (TPSA) is 79.3 Å². The summed E-state index contributed by atoms with van der Waals surface area (Å²) in [5.41, 5.74) is 0.583. The summed E-state index contributed by atoms with van der Waals surface area (Å²) in [6, 6.07) is 0.352. The van der Waals surface area contributed by atoms with Crippen LogP contribution in [0.4, 0.5) is 0 Å². The van der Waals surface area contributed by atoms with Gasteiger partial charge in [0, 0.05) is 0 Å². The highest BCUT2D eigenvalue weighted by Crippen LogP contribution is 2.14. The molecule has 2 rings (SSSR count). The molecule has 0 saturated carbocycles. The average molecular weight is 196 g/mol. The number of hydrogen-bond donors (Lipinski definition) is 1. The number of nitrogens with zero attached hydrogens (tertiary/aromatic N) is 4. The van der Waals surface area contributed by atoms with E-state index in [0.717, 1.165) is 0 Å². The normalized spacial score (nSPS) is 10.4. The number of rotatable bonds is 2. The fraction of sp³-hybridized carbons (Fsp3) is 0.286. The van der Waals surface area contributed by atoms with Crippen LogP contribution < -0.4 is 19.8 Å². The molecule has 0 unspecified atom stereocenters. The molecular weight excluding hydrogens is 186 g/mol. The molecule has 7 nitrogen and oxygen atoms in total. The van der Waals surface area contributed by atoms with E-state index in [2.05, 4.69) is 10.1 Å². The van der Waals surface area contributed by atoms with Gasteiger partial charge in [-0.3, -0.25) is 5.84 Å². The highest BCUT2D eigenvalue weighted by molar-refractivity contribution is 5.46. The Morgan fingerprint density at radius 1 is 1.43 bits per heavy atom. The monoisotopic (exact) mass is 196 g/mol. The first-order valence-electron chi connectivity index (χ1n) is 3.89. The highest BCUT2D eigenvalue weighted by Gasteiger charge is 2.20. The number of nitrogens with two attached hydrogens (primary N) is 1. The molecule has 0 aliphatic rings. The summed E-state index contributed by atoms with van der Waals surface area (Å²) in [6.45, 7) is 0. The van der Waals surface area contributed by atoms with Crippen LogP contribution in [0.15, 0.2) is 12.5 Å². The summed E-state index contributed by atoms with van der Waals surface area (Å²) < 4.78 is 12.9. The van der Waals surface area contributed by atoms with Gasteiger partial charge in [0.15, 0.2) is 6.20 Å². The molecule has 2 aromatic heterocycles. The lowest BCUT2D eigenvalue weighted by molar-refractivity contribution is -0.589. The molecule has 0 fully saturated rings. The van der Waals surface area contributed by atoms with Crippen LogP contribution in [0.5, 0.6) is 11.8 Å². The summed E-state index contributed by atoms with van der Waals surface area (Å²) in [4.78, 5) is 3.99. The molecule has 14 heavy (non-hydrogen) atoms. The molecule has 0 saturated heterocycles. The zero-order valence-corrected chi connectivity index (χ0v) is 7.84. The second-order valence-corrected chi connectivity index (χ2v) is 2.59. The second-order valence-electron chi connectivity index (χ2n) is 2.59. The molecule has 74 valence electrons. The van der Waals surface area contributed by atoms with Crippen LogP contribution in [0.2, 0.25) is 0 Å². The van der Waals surface area contributed by atoms with Gasteiger partial charge >= 0.3 is 11.7 Å². The van der Waals surface area contributed by atoms with Gasteiger partial charge in [-0.15, -0.1) is 4.68 Å². The van der Waals surface area contributed by atoms with Crippen LogP contribution in [0.25, 0.3) is 5.65 Å². The number of hydrogen-bond acceptors (Lipinski definition) is 5. The summed E-state index contributed by atoms with van der Waals surface area (Å²) in [5.74, 6) is 6.18. The zero-order chi connectivity index (χ0) is 10.1. The van der Waals surface area contributed by atoms with Gasteiger partial charge in [0.1, 0.15) is 0 Å². The van der Waals surface area contributed by atoms with Gasteiger partial charge in [0.2, 0.25) is 12.1 Å². The first kappa shape index (κ1) is 8.54. The van der Waals surface area contributed by atoms with E-state index in [1.807, 2.05) is 0 Å². The van der Waals surface area contributed by atoms with Crippen molar-refractivity contribution in [1.82, 2.24) is 14.8 Å². The van der Waals surface area contributed by atoms with E-state index >= 15 is 0 Å². The predicted molar refractivity (Wildman–Crippen MR) is 46.4 cm³/mol. The number of nitrogen functional groups attached to an aromatic ring is 1. The highest BCUT2D eigenvalue weighted by atomic mass is 16.5. The second kappa shape index (κ2) is 3.02. The van der Waals surface area contributed by atoms with Gasteiger partial charge in [-0.2, -0.15) is 0 Å². The van der Waals surface area contributed by atoms with Gasteiger partial charge in [-0.25, -0.2) is 0 Å². The Balaban J connectivity index is 2.81. The largest absolute Gasteiger partial charge is 0.488 e. The molecule has 0 aromatic carbocycles. The van der Waals surface area contributed by atoms with Crippen LogP contribution in [0.1, 0.15) is 0 Å². The molecule has 0 amide bonds. The van der Waals surface area contributed by atoms with Crippen LogP contribution >= 0.6 is 0 Å². The van der Waals surface area contributed by atoms with Gasteiger partial charge in [-0.1, -0.05) is 14.6 Å². The van der Waals surface area contributed by atoms with Gasteiger partial charge in [0.25, 0.3) is 0 Å². The maximum Gasteiger partial charge on any atom is 0.459 e. The first-order chi connectivity index (χ1) is 6.77. The van der Waals surface area contributed by atoms with E-state index in [0.29, 0.717) is 17.4 Å². The lowest BCUT2D eigenvalue weighted by Gasteiger charge is -1.98. The summed E-state index contributed by atoms with van der Waals surface area (Å²) in [7, 11) is 3.05. The number of ether oxygens (including phenoxy) is 2. The van der Waals surface area contributed by atoms with E-state index in [4.69, 9.17) is 15.3 Å². The van der Waals surface area contributed by atoms with Crippen molar-refractivity contribution in [2.75, 3.05) is 20.1 Å². The van der Waals surface area contributed by atoms with Gasteiger partial charge < -0.3 is 9.47 Å². The third-order valence-corrected chi connectivity index (χ3v) is 1.83. The summed E-state index contributed by atoms with van der Waals surface area (Å²) in [6.07, 6.45) is 2.97. The minimum absolute atomic E-state index is 0.352. The molecule has 2 heterocycles. The Hall–Kier alpha value is -2.05. The van der Waals surface area contributed by atoms with E-state index in [9.17, 15) is 0 Å². The molecule has 2 aromatic rings. The van der Waals surface area contributed by atoms with Crippen LogP contribution in [0.3, 0.4) is 0 Å². The maximum absolute atomic E-state index is 5.65. The molecule has 0 spiro atoms. The quantitative estimate of drug-likeness (QED) is 0.479. The fourth-order valence-corrected chi connectivity index (χ4v) is 1.21. The number of aromatic nitrogens is 4. The minimum Gasteiger partial charge on any atom is -0.488 e. The van der Waals surface area contributed by atoms with Crippen molar-refractivity contribution >= 4 is 5.65 Å². The van der Waals surface area contributed by atoms with Crippen molar-refractivity contribution in [2.24, 2.45) is 0 Å². The van der Waals surface area contributed by atoms with Crippen LogP contribution in [0, 0.1) is 0 Å². The number of fused-ring (bicyclic) bond motifs is 1. The third-order valence-electron chi connectivity index (χ3n) is 1.83. The Bertz CT molecular complexity index is 466. The summed E-state index contributed by atoms with van der Waals surface area (Å²) in [5, 5.41) is 3.98. The Labute approximate surface area is 79.7 Å². The van der Waals surface area contributed by atoms with Crippen molar-refractivity contribution in [2.45, 2.75) is 0 Å². The molecular formula is C7H10N5O2+. The van der Waals surface area contributed by atoms with Gasteiger partial charge in [-0.05, 0) is 0 Å². The standard InChI is InChI=1S/C7H10N5O2/c1-13-5-3-9-7(14-2)12-6(5)11(8)4-10-12/h3-4H,8H2,1-2H3/q+1.